The number of carbonyl (C=O) groups is 3. The molecule has 1 aromatic heterocycles. The lowest BCUT2D eigenvalue weighted by atomic mass is 10.1. The molecular formula is C20H16BrN3O6S2. The van der Waals surface area contributed by atoms with E-state index in [4.69, 9.17) is 14.9 Å². The van der Waals surface area contributed by atoms with E-state index >= 15 is 0 Å². The van der Waals surface area contributed by atoms with Crippen LogP contribution in [0.2, 0.25) is 0 Å². The number of amides is 1. The maximum Gasteiger partial charge on any atom is 0.372 e. The van der Waals surface area contributed by atoms with E-state index < -0.39 is 29.3 Å². The molecule has 2 N–H and O–H groups in total. The van der Waals surface area contributed by atoms with Crippen LogP contribution >= 0.6 is 39.5 Å². The third-order valence-corrected chi connectivity index (χ3v) is 8.15. The molecular weight excluding hydrogens is 522 g/mol. The van der Waals surface area contributed by atoms with Gasteiger partial charge in [-0.05, 0) is 40.2 Å². The third kappa shape index (κ3) is 4.22. The average molecular weight is 538 g/mol. The van der Waals surface area contributed by atoms with Gasteiger partial charge in [0.2, 0.25) is 11.6 Å². The highest BCUT2D eigenvalue weighted by Crippen LogP contribution is 2.45. The van der Waals surface area contributed by atoms with Crippen molar-refractivity contribution in [2.45, 2.75) is 16.3 Å². The molecule has 4 rings (SSSR count). The maximum absolute atomic E-state index is 13.1. The van der Waals surface area contributed by atoms with Crippen molar-refractivity contribution >= 4 is 63.0 Å². The topological polar surface area (TPSA) is 124 Å². The number of nitrogens with zero attached hydrogens (tertiary/aromatic N) is 2. The number of furan rings is 1. The maximum atomic E-state index is 13.1. The van der Waals surface area contributed by atoms with Gasteiger partial charge in [0, 0.05) is 20.0 Å². The van der Waals surface area contributed by atoms with Crippen LogP contribution in [0.25, 0.3) is 0 Å². The summed E-state index contributed by atoms with van der Waals surface area (Å²) < 4.78 is 11.1. The second kappa shape index (κ2) is 9.53. The summed E-state index contributed by atoms with van der Waals surface area (Å²) in [5, 5.41) is 3.20. The molecule has 2 aliphatic heterocycles. The molecule has 12 heteroatoms. The van der Waals surface area contributed by atoms with Crippen LogP contribution in [-0.2, 0) is 24.0 Å². The number of hydrogen-bond donors (Lipinski definition) is 1. The van der Waals surface area contributed by atoms with Crippen molar-refractivity contribution in [2.24, 2.45) is 10.9 Å². The number of thioether (sulfide) groups is 2. The van der Waals surface area contributed by atoms with E-state index in [0.29, 0.717) is 10.7 Å². The lowest BCUT2D eigenvalue weighted by molar-refractivity contribution is -0.157. The van der Waals surface area contributed by atoms with Gasteiger partial charge in [-0.1, -0.05) is 29.1 Å². The Labute approximate surface area is 199 Å². The predicted octanol–water partition coefficient (Wildman–Crippen LogP) is 2.71. The Morgan fingerprint density at radius 2 is 2.09 bits per heavy atom. The molecule has 32 heavy (non-hydrogen) atoms. The van der Waals surface area contributed by atoms with Crippen molar-refractivity contribution in [3.63, 3.8) is 0 Å². The molecule has 9 nitrogen and oxygen atoms in total. The van der Waals surface area contributed by atoms with Crippen LogP contribution in [0.4, 0.5) is 0 Å². The van der Waals surface area contributed by atoms with Gasteiger partial charge >= 0.3 is 11.9 Å². The van der Waals surface area contributed by atoms with Gasteiger partial charge in [0.05, 0.1) is 6.26 Å². The number of ether oxygens (including phenoxy) is 1. The smallest absolute Gasteiger partial charge is 0.372 e. The fourth-order valence-corrected chi connectivity index (χ4v) is 6.05. The van der Waals surface area contributed by atoms with Gasteiger partial charge in [-0.3, -0.25) is 9.69 Å². The zero-order chi connectivity index (χ0) is 22.8. The summed E-state index contributed by atoms with van der Waals surface area (Å²) >= 11 is 6.23. The lowest BCUT2D eigenvalue weighted by Crippen LogP contribution is -2.68. The molecule has 1 fully saturated rings. The van der Waals surface area contributed by atoms with Crippen molar-refractivity contribution in [1.29, 1.82) is 0 Å². The summed E-state index contributed by atoms with van der Waals surface area (Å²) in [5.41, 5.74) is 5.57. The van der Waals surface area contributed by atoms with E-state index in [1.165, 1.54) is 47.9 Å². The summed E-state index contributed by atoms with van der Waals surface area (Å²) in [6.07, 6.45) is 1.34. The summed E-state index contributed by atoms with van der Waals surface area (Å²) in [6, 6.07) is 9.76. The van der Waals surface area contributed by atoms with E-state index in [1.54, 1.807) is 6.07 Å². The van der Waals surface area contributed by atoms with Crippen LogP contribution in [0.1, 0.15) is 5.76 Å². The number of nitrogens with two attached hydrogens (primary N) is 1. The number of esters is 2. The Balaban J connectivity index is 1.66. The van der Waals surface area contributed by atoms with Crippen molar-refractivity contribution in [2.75, 3.05) is 12.9 Å². The van der Waals surface area contributed by atoms with Crippen LogP contribution in [0.5, 0.6) is 0 Å². The van der Waals surface area contributed by atoms with E-state index in [2.05, 4.69) is 25.9 Å². The van der Waals surface area contributed by atoms with E-state index in [0.717, 1.165) is 9.37 Å². The second-order valence-corrected chi connectivity index (χ2v) is 9.61. The Bertz CT molecular complexity index is 1130. The van der Waals surface area contributed by atoms with Gasteiger partial charge in [0.15, 0.2) is 5.76 Å². The number of carbonyl (C=O) groups excluding carboxylic acids is 3. The average Bonchev–Trinajstić information content (AvgIpc) is 3.32. The SMILES string of the molecule is CON=C(C(=O)OC(=O)C1=C(Sc2ccccc2Br)CS[C@H]2C(N)C(=O)N12)c1ccco1. The van der Waals surface area contributed by atoms with Crippen molar-refractivity contribution in [3.05, 3.63) is 63.5 Å². The predicted molar refractivity (Wildman–Crippen MR) is 121 cm³/mol. The summed E-state index contributed by atoms with van der Waals surface area (Å²) in [6.45, 7) is 0. The molecule has 0 bridgehead atoms. The molecule has 2 aliphatic rings. The molecule has 2 atom stereocenters. The van der Waals surface area contributed by atoms with Crippen LogP contribution in [0, 0.1) is 0 Å². The van der Waals surface area contributed by atoms with Gasteiger partial charge in [-0.2, -0.15) is 0 Å². The first kappa shape index (κ1) is 22.6. The number of halogens is 1. The molecule has 3 heterocycles. The molecule has 1 amide bonds. The highest BCUT2D eigenvalue weighted by Gasteiger charge is 2.52. The van der Waals surface area contributed by atoms with Crippen LogP contribution in [0.15, 0.2) is 72.2 Å². The second-order valence-electron chi connectivity index (χ2n) is 6.52. The number of benzene rings is 1. The highest BCUT2D eigenvalue weighted by atomic mass is 79.9. The third-order valence-electron chi connectivity index (χ3n) is 4.55. The number of oxime groups is 1. The largest absolute Gasteiger partial charge is 0.462 e. The van der Waals surface area contributed by atoms with Gasteiger partial charge in [0.25, 0.3) is 0 Å². The normalized spacial score (nSPS) is 20.5. The van der Waals surface area contributed by atoms with Gasteiger partial charge < -0.3 is 19.7 Å². The van der Waals surface area contributed by atoms with Gasteiger partial charge in [-0.25, -0.2) is 9.59 Å². The zero-order valence-electron chi connectivity index (χ0n) is 16.5. The molecule has 1 saturated heterocycles. The van der Waals surface area contributed by atoms with E-state index in [1.807, 2.05) is 24.3 Å². The number of hydrogen-bond acceptors (Lipinski definition) is 10. The van der Waals surface area contributed by atoms with Crippen LogP contribution < -0.4 is 5.73 Å². The Morgan fingerprint density at radius 3 is 2.78 bits per heavy atom. The van der Waals surface area contributed by atoms with Crippen molar-refractivity contribution in [3.8, 4) is 0 Å². The fraction of sp³-hybridized carbons (Fsp3) is 0.200. The van der Waals surface area contributed by atoms with E-state index in [9.17, 15) is 14.4 Å². The first-order valence-corrected chi connectivity index (χ1v) is 11.9. The molecule has 0 aliphatic carbocycles. The minimum Gasteiger partial charge on any atom is -0.462 e. The minimum absolute atomic E-state index is 0.00855. The van der Waals surface area contributed by atoms with Crippen molar-refractivity contribution in [1.82, 2.24) is 4.90 Å². The first-order chi connectivity index (χ1) is 15.4. The monoisotopic (exact) mass is 537 g/mol. The lowest BCUT2D eigenvalue weighted by Gasteiger charge is -2.48. The number of fused-ring (bicyclic) bond motifs is 1. The summed E-state index contributed by atoms with van der Waals surface area (Å²) in [4.78, 5) is 45.6. The molecule has 0 saturated carbocycles. The quantitative estimate of drug-likeness (QED) is 0.194. The number of β-lactam (4-membered cyclic amide) rings is 1. The van der Waals surface area contributed by atoms with Gasteiger partial charge in [-0.15, -0.1) is 11.8 Å². The Morgan fingerprint density at radius 1 is 1.31 bits per heavy atom. The zero-order valence-corrected chi connectivity index (χ0v) is 19.7. The van der Waals surface area contributed by atoms with Crippen LogP contribution in [0.3, 0.4) is 0 Å². The summed E-state index contributed by atoms with van der Waals surface area (Å²) in [5.74, 6) is -1.98. The highest BCUT2D eigenvalue weighted by molar-refractivity contribution is 9.10. The molecule has 0 spiro atoms. The summed E-state index contributed by atoms with van der Waals surface area (Å²) in [7, 11) is 1.25. The standard InChI is InChI=1S/C20H16BrN3O6S2/c1-28-23-15(11-6-4-8-29-11)19(26)30-20(27)16-13(32-12-7-3-2-5-10(12)21)9-31-18-14(22)17(25)24(16)18/h2-8,14,18H,9,22H2,1H3/t14?,18-/m0/s1. The van der Waals surface area contributed by atoms with Crippen molar-refractivity contribution < 1.29 is 28.4 Å². The fourth-order valence-electron chi connectivity index (χ4n) is 3.08. The molecule has 1 aromatic carbocycles. The Kier molecular flexibility index (Phi) is 6.74. The van der Waals surface area contributed by atoms with Crippen LogP contribution in [-0.4, -0.2) is 52.7 Å². The van der Waals surface area contributed by atoms with E-state index in [-0.39, 0.29) is 17.2 Å². The Hall–Kier alpha value is -2.54. The molecule has 0 radical (unpaired) electrons. The molecule has 1 unspecified atom stereocenters. The minimum atomic E-state index is -1.07. The van der Waals surface area contributed by atoms with Gasteiger partial charge in [0.1, 0.15) is 24.2 Å². The first-order valence-electron chi connectivity index (χ1n) is 9.19. The molecule has 166 valence electrons. The number of rotatable bonds is 6. The molecule has 2 aromatic rings.